The topological polar surface area (TPSA) is 108 Å². The van der Waals surface area contributed by atoms with Gasteiger partial charge in [-0.2, -0.15) is 5.10 Å². The zero-order valence-electron chi connectivity index (χ0n) is 14.3. The standard InChI is InChI=1S/C16H19N5O4/c1-9(21-14(23)7-10-5-4-6-11(10)18-21)15(24)17-12-8-13(22)20(3)16(25)19(12)2/h7-9H,4-6H2,1-3H3,(H,17,24). The summed E-state index contributed by atoms with van der Waals surface area (Å²) in [6, 6.07) is 1.80. The zero-order valence-corrected chi connectivity index (χ0v) is 14.3. The summed E-state index contributed by atoms with van der Waals surface area (Å²) >= 11 is 0. The van der Waals surface area contributed by atoms with E-state index in [1.54, 1.807) is 6.92 Å². The summed E-state index contributed by atoms with van der Waals surface area (Å²) in [6.45, 7) is 1.55. The molecule has 0 fully saturated rings. The van der Waals surface area contributed by atoms with Gasteiger partial charge in [-0.3, -0.25) is 23.5 Å². The lowest BCUT2D eigenvalue weighted by molar-refractivity contribution is -0.119. The second kappa shape index (κ2) is 6.15. The largest absolute Gasteiger partial charge is 0.332 e. The quantitative estimate of drug-likeness (QED) is 0.794. The van der Waals surface area contributed by atoms with Crippen LogP contribution in [0, 0.1) is 0 Å². The Morgan fingerprint density at radius 3 is 2.56 bits per heavy atom. The van der Waals surface area contributed by atoms with Crippen molar-refractivity contribution in [3.63, 3.8) is 0 Å². The second-order valence-electron chi connectivity index (χ2n) is 6.19. The molecule has 0 radical (unpaired) electrons. The fourth-order valence-corrected chi connectivity index (χ4v) is 2.89. The van der Waals surface area contributed by atoms with Crippen molar-refractivity contribution in [2.75, 3.05) is 5.32 Å². The third-order valence-corrected chi connectivity index (χ3v) is 4.51. The van der Waals surface area contributed by atoms with Crippen molar-refractivity contribution in [3.8, 4) is 0 Å². The number of aromatic nitrogens is 4. The highest BCUT2D eigenvalue weighted by atomic mass is 16.2. The first-order valence-corrected chi connectivity index (χ1v) is 7.99. The molecule has 0 aromatic carbocycles. The lowest BCUT2D eigenvalue weighted by atomic mass is 10.2. The molecule has 0 saturated carbocycles. The maximum Gasteiger partial charge on any atom is 0.332 e. The molecule has 1 amide bonds. The molecule has 0 spiro atoms. The van der Waals surface area contributed by atoms with Gasteiger partial charge in [0, 0.05) is 26.2 Å². The maximum atomic E-state index is 12.5. The van der Waals surface area contributed by atoms with E-state index >= 15 is 0 Å². The minimum atomic E-state index is -0.877. The summed E-state index contributed by atoms with van der Waals surface area (Å²) < 4.78 is 3.23. The van der Waals surface area contributed by atoms with Crippen LogP contribution in [0.2, 0.25) is 0 Å². The second-order valence-corrected chi connectivity index (χ2v) is 6.19. The number of rotatable bonds is 3. The highest BCUT2D eigenvalue weighted by molar-refractivity contribution is 5.92. The number of aryl methyl sites for hydroxylation is 2. The summed E-state index contributed by atoms with van der Waals surface area (Å²) in [4.78, 5) is 48.4. The summed E-state index contributed by atoms with van der Waals surface area (Å²) in [5.41, 5.74) is 0.339. The number of hydrogen-bond donors (Lipinski definition) is 1. The molecule has 1 N–H and O–H groups in total. The molecule has 9 nitrogen and oxygen atoms in total. The van der Waals surface area contributed by atoms with Crippen LogP contribution in [-0.2, 0) is 31.7 Å². The molecule has 2 heterocycles. The van der Waals surface area contributed by atoms with E-state index in [4.69, 9.17) is 0 Å². The lowest BCUT2D eigenvalue weighted by Crippen LogP contribution is -2.39. The number of hydrogen-bond acceptors (Lipinski definition) is 5. The SMILES string of the molecule is CC(C(=O)Nc1cc(=O)n(C)c(=O)n1C)n1nc2c(cc1=O)CCC2. The van der Waals surface area contributed by atoms with E-state index in [-0.39, 0.29) is 11.4 Å². The summed E-state index contributed by atoms with van der Waals surface area (Å²) in [7, 11) is 2.80. The molecule has 3 rings (SSSR count). The molecule has 9 heteroatoms. The van der Waals surface area contributed by atoms with Crippen molar-refractivity contribution in [1.82, 2.24) is 18.9 Å². The van der Waals surface area contributed by atoms with Crippen LogP contribution in [0.1, 0.15) is 30.6 Å². The van der Waals surface area contributed by atoms with Crippen LogP contribution in [0.5, 0.6) is 0 Å². The van der Waals surface area contributed by atoms with E-state index in [9.17, 15) is 19.2 Å². The van der Waals surface area contributed by atoms with E-state index in [1.807, 2.05) is 0 Å². The van der Waals surface area contributed by atoms with Crippen molar-refractivity contribution in [1.29, 1.82) is 0 Å². The van der Waals surface area contributed by atoms with Gasteiger partial charge in [-0.15, -0.1) is 0 Å². The Kier molecular flexibility index (Phi) is 4.15. The van der Waals surface area contributed by atoms with Crippen molar-refractivity contribution < 1.29 is 4.79 Å². The number of carbonyl (C=O) groups excluding carboxylic acids is 1. The molecule has 1 atom stereocenters. The van der Waals surface area contributed by atoms with E-state index in [0.29, 0.717) is 0 Å². The average Bonchev–Trinajstić information content (AvgIpc) is 3.03. The highest BCUT2D eigenvalue weighted by Crippen LogP contribution is 2.18. The number of anilines is 1. The van der Waals surface area contributed by atoms with Gasteiger partial charge in [0.2, 0.25) is 5.91 Å². The number of nitrogens with one attached hydrogen (secondary N) is 1. The molecule has 25 heavy (non-hydrogen) atoms. The Morgan fingerprint density at radius 2 is 1.84 bits per heavy atom. The van der Waals surface area contributed by atoms with Crippen molar-refractivity contribution >= 4 is 11.7 Å². The van der Waals surface area contributed by atoms with Gasteiger partial charge < -0.3 is 5.32 Å². The third kappa shape index (κ3) is 2.92. The van der Waals surface area contributed by atoms with E-state index in [2.05, 4.69) is 10.4 Å². The van der Waals surface area contributed by atoms with Gasteiger partial charge in [-0.1, -0.05) is 0 Å². The van der Waals surface area contributed by atoms with Crippen LogP contribution in [0.3, 0.4) is 0 Å². The summed E-state index contributed by atoms with van der Waals surface area (Å²) in [5, 5.41) is 6.82. The Hall–Kier alpha value is -2.97. The van der Waals surface area contributed by atoms with Crippen LogP contribution < -0.4 is 22.1 Å². The van der Waals surface area contributed by atoms with Crippen LogP contribution in [0.25, 0.3) is 0 Å². The van der Waals surface area contributed by atoms with Crippen LogP contribution in [0.15, 0.2) is 26.5 Å². The average molecular weight is 345 g/mol. The Bertz CT molecular complexity index is 1030. The first-order valence-electron chi connectivity index (χ1n) is 7.99. The van der Waals surface area contributed by atoms with Gasteiger partial charge in [-0.05, 0) is 31.7 Å². The fourth-order valence-electron chi connectivity index (χ4n) is 2.89. The first kappa shape index (κ1) is 16.9. The fraction of sp³-hybridized carbons (Fsp3) is 0.438. The number of fused-ring (bicyclic) bond motifs is 1. The first-order chi connectivity index (χ1) is 11.8. The monoisotopic (exact) mass is 345 g/mol. The lowest BCUT2D eigenvalue weighted by Gasteiger charge is -2.16. The van der Waals surface area contributed by atoms with Gasteiger partial charge in [0.1, 0.15) is 11.9 Å². The smallest absolute Gasteiger partial charge is 0.310 e. The molecule has 2 aromatic rings. The maximum absolute atomic E-state index is 12.5. The van der Waals surface area contributed by atoms with E-state index < -0.39 is 23.2 Å². The molecular weight excluding hydrogens is 326 g/mol. The molecular formula is C16H19N5O4. The molecule has 1 aliphatic rings. The van der Waals surface area contributed by atoms with Gasteiger partial charge in [0.05, 0.1) is 5.69 Å². The third-order valence-electron chi connectivity index (χ3n) is 4.51. The molecule has 1 unspecified atom stereocenters. The Labute approximate surface area is 142 Å². The highest BCUT2D eigenvalue weighted by Gasteiger charge is 2.22. The normalized spacial score (nSPS) is 14.2. The zero-order chi connectivity index (χ0) is 18.3. The number of amides is 1. The van der Waals surface area contributed by atoms with Gasteiger partial charge >= 0.3 is 5.69 Å². The number of nitrogens with zero attached hydrogens (tertiary/aromatic N) is 4. The van der Waals surface area contributed by atoms with Crippen molar-refractivity contribution in [2.24, 2.45) is 14.1 Å². The van der Waals surface area contributed by atoms with Crippen molar-refractivity contribution in [2.45, 2.75) is 32.2 Å². The van der Waals surface area contributed by atoms with E-state index in [0.717, 1.165) is 50.4 Å². The molecule has 1 aliphatic carbocycles. The summed E-state index contributed by atoms with van der Waals surface area (Å²) in [6.07, 6.45) is 2.56. The Morgan fingerprint density at radius 1 is 1.12 bits per heavy atom. The predicted octanol–water partition coefficient (Wildman–Crippen LogP) is -0.671. The minimum Gasteiger partial charge on any atom is -0.310 e. The van der Waals surface area contributed by atoms with Crippen molar-refractivity contribution in [3.05, 3.63) is 54.6 Å². The minimum absolute atomic E-state index is 0.0687. The van der Waals surface area contributed by atoms with Crippen LogP contribution in [0.4, 0.5) is 5.82 Å². The van der Waals surface area contributed by atoms with Crippen LogP contribution >= 0.6 is 0 Å². The Balaban J connectivity index is 1.91. The summed E-state index contributed by atoms with van der Waals surface area (Å²) in [5.74, 6) is -0.463. The van der Waals surface area contributed by atoms with E-state index in [1.165, 1.54) is 20.2 Å². The number of carbonyl (C=O) groups is 1. The van der Waals surface area contributed by atoms with Gasteiger partial charge in [0.25, 0.3) is 11.1 Å². The van der Waals surface area contributed by atoms with Gasteiger partial charge in [0.15, 0.2) is 0 Å². The molecule has 0 bridgehead atoms. The van der Waals surface area contributed by atoms with Crippen LogP contribution in [-0.4, -0.2) is 24.8 Å². The molecule has 0 aliphatic heterocycles. The molecule has 2 aromatic heterocycles. The molecule has 132 valence electrons. The van der Waals surface area contributed by atoms with Gasteiger partial charge in [-0.25, -0.2) is 9.48 Å². The molecule has 0 saturated heterocycles. The predicted molar refractivity (Wildman–Crippen MR) is 90.8 cm³/mol.